The van der Waals surface area contributed by atoms with Crippen LogP contribution in [0.15, 0.2) is 0 Å². The zero-order valence-electron chi connectivity index (χ0n) is 30.1. The number of nitrogens with zero attached hydrogens (tertiary/aromatic N) is 1. The SMILES string of the molecule is CCCCCCCCCCCCCC(=O)OC[C@@H](COP(=O)([O-])CC[N+](C)(C)C)OC(=O)CCCCCCCCCCCCC. The van der Waals surface area contributed by atoms with Crippen LogP contribution in [-0.4, -0.2) is 69.6 Å². The Morgan fingerprint density at radius 3 is 1.38 bits per heavy atom. The van der Waals surface area contributed by atoms with Gasteiger partial charge in [0.1, 0.15) is 14.2 Å². The minimum Gasteiger partial charge on any atom is -0.778 e. The predicted octanol–water partition coefficient (Wildman–Crippen LogP) is 9.12. The van der Waals surface area contributed by atoms with Gasteiger partial charge in [0.2, 0.25) is 0 Å². The largest absolute Gasteiger partial charge is 0.778 e. The maximum atomic E-state index is 12.6. The lowest BCUT2D eigenvalue weighted by molar-refractivity contribution is -0.868. The number of ether oxygens (including phenoxy) is 2. The number of quaternary nitrogens is 1. The van der Waals surface area contributed by atoms with E-state index in [2.05, 4.69) is 13.8 Å². The topological polar surface area (TPSA) is 102 Å². The van der Waals surface area contributed by atoms with Crippen molar-refractivity contribution in [3.8, 4) is 0 Å². The van der Waals surface area contributed by atoms with Crippen molar-refractivity contribution in [1.29, 1.82) is 0 Å². The molecular formula is C36H72NO7P. The van der Waals surface area contributed by atoms with Crippen LogP contribution in [0, 0.1) is 0 Å². The molecule has 0 aliphatic rings. The third kappa shape index (κ3) is 32.8. The van der Waals surface area contributed by atoms with Crippen molar-refractivity contribution < 1.29 is 37.5 Å². The van der Waals surface area contributed by atoms with Crippen LogP contribution in [0.4, 0.5) is 0 Å². The van der Waals surface area contributed by atoms with Gasteiger partial charge in [-0.25, -0.2) is 0 Å². The van der Waals surface area contributed by atoms with Crippen LogP contribution in [0.3, 0.4) is 0 Å². The van der Waals surface area contributed by atoms with Gasteiger partial charge in [-0.2, -0.15) is 0 Å². The molecule has 0 spiro atoms. The van der Waals surface area contributed by atoms with Crippen molar-refractivity contribution in [3.63, 3.8) is 0 Å². The first-order valence-electron chi connectivity index (χ1n) is 18.6. The summed E-state index contributed by atoms with van der Waals surface area (Å²) < 4.78 is 29.1. The van der Waals surface area contributed by atoms with Crippen LogP contribution in [0.5, 0.6) is 0 Å². The van der Waals surface area contributed by atoms with Crippen LogP contribution in [0.2, 0.25) is 0 Å². The van der Waals surface area contributed by atoms with Gasteiger partial charge in [-0.05, 0) is 12.8 Å². The molecule has 0 aromatic heterocycles. The summed E-state index contributed by atoms with van der Waals surface area (Å²) in [5.74, 6) is -0.763. The van der Waals surface area contributed by atoms with Gasteiger partial charge in [-0.1, -0.05) is 142 Å². The van der Waals surface area contributed by atoms with Crippen molar-refractivity contribution in [2.24, 2.45) is 0 Å². The molecule has 2 atom stereocenters. The monoisotopic (exact) mass is 662 g/mol. The number of hydrogen-bond acceptors (Lipinski definition) is 7. The Labute approximate surface area is 277 Å². The predicted molar refractivity (Wildman–Crippen MR) is 184 cm³/mol. The van der Waals surface area contributed by atoms with Gasteiger partial charge in [0.05, 0.1) is 40.5 Å². The standard InChI is InChI=1S/C36H72NO7P/c1-6-8-10-12-14-16-18-20-22-24-26-28-35(38)42-32-34(33-43-45(40,41)31-30-37(3,4)5)44-36(39)29-27-25-23-21-19-17-15-13-11-9-7-2/h34H,6-33H2,1-5H3/t34-/m0/s1. The quantitative estimate of drug-likeness (QED) is 0.0299. The molecular weight excluding hydrogens is 589 g/mol. The average molecular weight is 662 g/mol. The van der Waals surface area contributed by atoms with Gasteiger partial charge in [0.15, 0.2) is 6.10 Å². The van der Waals surface area contributed by atoms with Crippen LogP contribution in [0.1, 0.15) is 168 Å². The van der Waals surface area contributed by atoms with Crippen molar-refractivity contribution in [2.45, 2.75) is 174 Å². The summed E-state index contributed by atoms with van der Waals surface area (Å²) in [6.45, 7) is 4.33. The van der Waals surface area contributed by atoms with Crippen molar-refractivity contribution in [1.82, 2.24) is 0 Å². The van der Waals surface area contributed by atoms with Crippen LogP contribution < -0.4 is 4.89 Å². The normalized spacial score (nSPS) is 13.8. The Morgan fingerprint density at radius 2 is 0.978 bits per heavy atom. The third-order valence-corrected chi connectivity index (χ3v) is 9.49. The van der Waals surface area contributed by atoms with E-state index in [4.69, 9.17) is 14.0 Å². The van der Waals surface area contributed by atoms with Crippen LogP contribution in [-0.2, 0) is 28.2 Å². The number of carbonyl (C=O) groups excluding carboxylic acids is 2. The van der Waals surface area contributed by atoms with E-state index in [0.717, 1.165) is 38.5 Å². The Hall–Kier alpha value is -0.950. The fourth-order valence-corrected chi connectivity index (χ4v) is 6.54. The molecule has 0 amide bonds. The lowest BCUT2D eigenvalue weighted by Crippen LogP contribution is -2.38. The molecule has 9 heteroatoms. The molecule has 8 nitrogen and oxygen atoms in total. The number of hydrogen-bond donors (Lipinski definition) is 0. The van der Waals surface area contributed by atoms with Crippen LogP contribution >= 0.6 is 7.60 Å². The fraction of sp³-hybridized carbons (Fsp3) is 0.944. The first kappa shape index (κ1) is 44.0. The third-order valence-electron chi connectivity index (χ3n) is 8.20. The number of esters is 2. The lowest BCUT2D eigenvalue weighted by atomic mass is 10.1. The molecule has 45 heavy (non-hydrogen) atoms. The Bertz CT molecular complexity index is 756. The lowest BCUT2D eigenvalue weighted by Gasteiger charge is -2.30. The molecule has 0 heterocycles. The van der Waals surface area contributed by atoms with Gasteiger partial charge in [0.25, 0.3) is 0 Å². The molecule has 0 N–H and O–H groups in total. The van der Waals surface area contributed by atoms with E-state index < -0.39 is 19.7 Å². The van der Waals surface area contributed by atoms with Gasteiger partial charge in [-0.15, -0.1) is 0 Å². The molecule has 1 unspecified atom stereocenters. The smallest absolute Gasteiger partial charge is 0.306 e. The zero-order valence-corrected chi connectivity index (χ0v) is 31.0. The highest BCUT2D eigenvalue weighted by Crippen LogP contribution is 2.37. The number of rotatable bonds is 33. The van der Waals surface area contributed by atoms with Gasteiger partial charge in [-0.3, -0.25) is 9.59 Å². The van der Waals surface area contributed by atoms with E-state index >= 15 is 0 Å². The second-order valence-corrected chi connectivity index (χ2v) is 15.9. The molecule has 268 valence electrons. The van der Waals surface area contributed by atoms with E-state index in [9.17, 15) is 19.0 Å². The second kappa shape index (κ2) is 29.2. The van der Waals surface area contributed by atoms with E-state index in [1.807, 2.05) is 21.1 Å². The Kier molecular flexibility index (Phi) is 28.6. The van der Waals surface area contributed by atoms with E-state index in [1.165, 1.54) is 103 Å². The van der Waals surface area contributed by atoms with E-state index in [1.54, 1.807) is 0 Å². The molecule has 0 bridgehead atoms. The average Bonchev–Trinajstić information content (AvgIpc) is 2.98. The molecule has 0 saturated carbocycles. The number of carbonyl (C=O) groups is 2. The van der Waals surface area contributed by atoms with Crippen molar-refractivity contribution in [2.75, 3.05) is 47.1 Å². The Morgan fingerprint density at radius 1 is 0.600 bits per heavy atom. The summed E-state index contributed by atoms with van der Waals surface area (Å²) in [5, 5.41) is 0. The van der Waals surface area contributed by atoms with Crippen molar-refractivity contribution >= 4 is 19.5 Å². The van der Waals surface area contributed by atoms with Gasteiger partial charge < -0.3 is 27.9 Å². The summed E-state index contributed by atoms with van der Waals surface area (Å²) in [7, 11) is 1.61. The first-order chi connectivity index (χ1) is 21.5. The Balaban J connectivity index is 4.40. The molecule has 0 aromatic rings. The summed E-state index contributed by atoms with van der Waals surface area (Å²) >= 11 is 0. The molecule has 0 aliphatic carbocycles. The minimum absolute atomic E-state index is 0.117. The molecule has 0 saturated heterocycles. The number of unbranched alkanes of at least 4 members (excludes halogenated alkanes) is 20. The molecule has 0 aliphatic heterocycles. The molecule has 0 radical (unpaired) electrons. The van der Waals surface area contributed by atoms with E-state index in [-0.39, 0.29) is 31.8 Å². The van der Waals surface area contributed by atoms with Crippen LogP contribution in [0.25, 0.3) is 0 Å². The van der Waals surface area contributed by atoms with E-state index in [0.29, 0.717) is 17.4 Å². The summed E-state index contributed by atoms with van der Waals surface area (Å²) in [6, 6.07) is 0. The van der Waals surface area contributed by atoms with Gasteiger partial charge in [0, 0.05) is 12.8 Å². The van der Waals surface area contributed by atoms with Crippen molar-refractivity contribution in [3.05, 3.63) is 0 Å². The first-order valence-corrected chi connectivity index (χ1v) is 20.3. The van der Waals surface area contributed by atoms with Gasteiger partial charge >= 0.3 is 11.9 Å². The highest BCUT2D eigenvalue weighted by Gasteiger charge is 2.22. The fourth-order valence-electron chi connectivity index (χ4n) is 5.17. The highest BCUT2D eigenvalue weighted by atomic mass is 31.2. The minimum atomic E-state index is -4.12. The second-order valence-electron chi connectivity index (χ2n) is 14.0. The summed E-state index contributed by atoms with van der Waals surface area (Å²) in [6.07, 6.45) is 25.8. The molecule has 0 aromatic carbocycles. The highest BCUT2D eigenvalue weighted by molar-refractivity contribution is 7.51. The maximum absolute atomic E-state index is 12.6. The molecule has 0 rings (SSSR count). The maximum Gasteiger partial charge on any atom is 0.306 e. The summed E-state index contributed by atoms with van der Waals surface area (Å²) in [4.78, 5) is 37.4. The zero-order chi connectivity index (χ0) is 33.7. The summed E-state index contributed by atoms with van der Waals surface area (Å²) in [5.41, 5.74) is 0. The molecule has 0 fully saturated rings.